The molecule has 0 saturated heterocycles. The van der Waals surface area contributed by atoms with Crippen molar-refractivity contribution in [3.8, 4) is 45.3 Å². The largest absolute Gasteiger partial charge is 0.455 e. The number of rotatable bonds is 4. The predicted molar refractivity (Wildman–Crippen MR) is 201 cm³/mol. The summed E-state index contributed by atoms with van der Waals surface area (Å²) in [7, 11) is 0. The molecular formula is C45H27N3O. The Kier molecular flexibility index (Phi) is 6.15. The third kappa shape index (κ3) is 4.57. The van der Waals surface area contributed by atoms with Crippen molar-refractivity contribution in [2.24, 2.45) is 0 Å². The molecule has 8 aromatic carbocycles. The zero-order valence-corrected chi connectivity index (χ0v) is 26.3. The van der Waals surface area contributed by atoms with Crippen LogP contribution in [0.25, 0.3) is 99.5 Å². The molecule has 2 aromatic heterocycles. The standard InChI is InChI=1S/C45H27N3O/c1-2-11-29(12-3-1)43-46-44(33-19-18-28-10-4-5-13-30(28)26-33)48-45(47-43)40-25-24-34(36-14-6-7-15-37(36)40)31-20-22-35-32(27-31)21-23-39-38-16-8-9-17-41(38)49-42(35)39/h1-27H. The van der Waals surface area contributed by atoms with Crippen LogP contribution in [0.1, 0.15) is 0 Å². The molecule has 0 aliphatic carbocycles. The van der Waals surface area contributed by atoms with E-state index in [1.54, 1.807) is 0 Å². The predicted octanol–water partition coefficient (Wildman–Crippen LogP) is 11.9. The van der Waals surface area contributed by atoms with E-state index in [1.807, 2.05) is 42.5 Å². The van der Waals surface area contributed by atoms with E-state index >= 15 is 0 Å². The molecule has 0 radical (unpaired) electrons. The van der Waals surface area contributed by atoms with Gasteiger partial charge in [0.15, 0.2) is 17.5 Å². The van der Waals surface area contributed by atoms with Gasteiger partial charge in [0.25, 0.3) is 0 Å². The topological polar surface area (TPSA) is 51.8 Å². The Bertz CT molecular complexity index is 2890. The SMILES string of the molecule is c1ccc(-c2nc(-c3ccc4ccccc4c3)nc(-c3ccc(-c4ccc5c(ccc6c7ccccc7oc56)c4)c4ccccc34)n2)cc1. The van der Waals surface area contributed by atoms with Gasteiger partial charge in [0.05, 0.1) is 0 Å². The third-order valence-electron chi connectivity index (χ3n) is 9.51. The van der Waals surface area contributed by atoms with Crippen molar-refractivity contribution in [2.75, 3.05) is 0 Å². The molecule has 0 atom stereocenters. The third-order valence-corrected chi connectivity index (χ3v) is 9.51. The first-order chi connectivity index (χ1) is 24.3. The molecule has 0 spiro atoms. The molecule has 4 nitrogen and oxygen atoms in total. The number of para-hydroxylation sites is 1. The van der Waals surface area contributed by atoms with Crippen LogP contribution in [0, 0.1) is 0 Å². The summed E-state index contributed by atoms with van der Waals surface area (Å²) in [6.45, 7) is 0. The van der Waals surface area contributed by atoms with Crippen molar-refractivity contribution >= 4 is 54.3 Å². The fourth-order valence-electron chi connectivity index (χ4n) is 7.09. The van der Waals surface area contributed by atoms with E-state index in [2.05, 4.69) is 121 Å². The molecule has 228 valence electrons. The summed E-state index contributed by atoms with van der Waals surface area (Å²) in [5.41, 5.74) is 7.00. The van der Waals surface area contributed by atoms with Gasteiger partial charge in [-0.3, -0.25) is 0 Å². The number of hydrogen-bond donors (Lipinski definition) is 0. The fraction of sp³-hybridized carbons (Fsp3) is 0. The highest BCUT2D eigenvalue weighted by Crippen LogP contribution is 2.39. The summed E-state index contributed by atoms with van der Waals surface area (Å²) in [5.74, 6) is 1.94. The Labute approximate surface area is 282 Å². The second-order valence-corrected chi connectivity index (χ2v) is 12.4. The van der Waals surface area contributed by atoms with E-state index in [-0.39, 0.29) is 0 Å². The summed E-state index contributed by atoms with van der Waals surface area (Å²) >= 11 is 0. The molecule has 49 heavy (non-hydrogen) atoms. The number of fused-ring (bicyclic) bond motifs is 7. The highest BCUT2D eigenvalue weighted by atomic mass is 16.3. The first-order valence-corrected chi connectivity index (χ1v) is 16.4. The Balaban J connectivity index is 1.14. The lowest BCUT2D eigenvalue weighted by Gasteiger charge is -2.14. The van der Waals surface area contributed by atoms with Gasteiger partial charge in [-0.25, -0.2) is 15.0 Å². The van der Waals surface area contributed by atoms with Crippen LogP contribution < -0.4 is 0 Å². The maximum atomic E-state index is 6.33. The quantitative estimate of drug-likeness (QED) is 0.195. The molecule has 0 bridgehead atoms. The molecule has 10 rings (SSSR count). The summed E-state index contributed by atoms with van der Waals surface area (Å²) in [6, 6.07) is 57.0. The number of benzene rings is 8. The minimum absolute atomic E-state index is 0.644. The van der Waals surface area contributed by atoms with Crippen molar-refractivity contribution in [3.05, 3.63) is 164 Å². The summed E-state index contributed by atoms with van der Waals surface area (Å²) in [5, 5.41) is 9.08. The van der Waals surface area contributed by atoms with Crippen LogP contribution in [0.5, 0.6) is 0 Å². The summed E-state index contributed by atoms with van der Waals surface area (Å²) < 4.78 is 6.33. The van der Waals surface area contributed by atoms with Gasteiger partial charge in [0.2, 0.25) is 0 Å². The van der Waals surface area contributed by atoms with Crippen molar-refractivity contribution in [2.45, 2.75) is 0 Å². The lowest BCUT2D eigenvalue weighted by Crippen LogP contribution is -2.00. The molecular weight excluding hydrogens is 599 g/mol. The number of hydrogen-bond acceptors (Lipinski definition) is 4. The van der Waals surface area contributed by atoms with Crippen LogP contribution in [0.3, 0.4) is 0 Å². The average molecular weight is 626 g/mol. The summed E-state index contributed by atoms with van der Waals surface area (Å²) in [4.78, 5) is 15.2. The van der Waals surface area contributed by atoms with Gasteiger partial charge in [0, 0.05) is 32.8 Å². The molecule has 4 heteroatoms. The van der Waals surface area contributed by atoms with Crippen LogP contribution in [0.4, 0.5) is 0 Å². The molecule has 0 aliphatic rings. The van der Waals surface area contributed by atoms with Crippen molar-refractivity contribution in [1.29, 1.82) is 0 Å². The van der Waals surface area contributed by atoms with Crippen molar-refractivity contribution in [1.82, 2.24) is 15.0 Å². The van der Waals surface area contributed by atoms with Crippen LogP contribution in [0.2, 0.25) is 0 Å². The number of furan rings is 1. The van der Waals surface area contributed by atoms with Crippen LogP contribution >= 0.6 is 0 Å². The van der Waals surface area contributed by atoms with Gasteiger partial charge in [-0.15, -0.1) is 0 Å². The second-order valence-electron chi connectivity index (χ2n) is 12.4. The zero-order valence-electron chi connectivity index (χ0n) is 26.3. The minimum atomic E-state index is 0.644. The molecule has 0 N–H and O–H groups in total. The van der Waals surface area contributed by atoms with Gasteiger partial charge in [-0.2, -0.15) is 0 Å². The van der Waals surface area contributed by atoms with Crippen molar-refractivity contribution < 1.29 is 4.42 Å². The summed E-state index contributed by atoms with van der Waals surface area (Å²) in [6.07, 6.45) is 0. The Morgan fingerprint density at radius 1 is 0.327 bits per heavy atom. The Morgan fingerprint density at radius 3 is 1.78 bits per heavy atom. The first kappa shape index (κ1) is 27.5. The highest BCUT2D eigenvalue weighted by molar-refractivity contribution is 6.16. The molecule has 0 unspecified atom stereocenters. The van der Waals surface area contributed by atoms with E-state index in [0.717, 1.165) is 76.7 Å². The fourth-order valence-corrected chi connectivity index (χ4v) is 7.09. The molecule has 0 fully saturated rings. The normalized spacial score (nSPS) is 11.7. The monoisotopic (exact) mass is 625 g/mol. The van der Waals surface area contributed by atoms with E-state index in [1.165, 1.54) is 5.39 Å². The maximum Gasteiger partial charge on any atom is 0.164 e. The van der Waals surface area contributed by atoms with Gasteiger partial charge in [-0.05, 0) is 74.5 Å². The molecule has 2 heterocycles. The smallest absolute Gasteiger partial charge is 0.164 e. The van der Waals surface area contributed by atoms with Crippen molar-refractivity contribution in [3.63, 3.8) is 0 Å². The van der Waals surface area contributed by atoms with E-state index in [9.17, 15) is 0 Å². The van der Waals surface area contributed by atoms with E-state index < -0.39 is 0 Å². The zero-order chi connectivity index (χ0) is 32.3. The van der Waals surface area contributed by atoms with Crippen LogP contribution in [-0.2, 0) is 0 Å². The highest BCUT2D eigenvalue weighted by Gasteiger charge is 2.17. The van der Waals surface area contributed by atoms with Gasteiger partial charge < -0.3 is 4.42 Å². The molecule has 0 saturated carbocycles. The van der Waals surface area contributed by atoms with E-state index in [4.69, 9.17) is 19.4 Å². The Morgan fingerprint density at radius 2 is 0.918 bits per heavy atom. The Hall–Kier alpha value is -6.65. The molecule has 0 aliphatic heterocycles. The number of nitrogens with zero attached hydrogens (tertiary/aromatic N) is 3. The lowest BCUT2D eigenvalue weighted by molar-refractivity contribution is 0.672. The van der Waals surface area contributed by atoms with Gasteiger partial charge >= 0.3 is 0 Å². The second kappa shape index (κ2) is 11.0. The molecule has 0 amide bonds. The van der Waals surface area contributed by atoms with Gasteiger partial charge in [-0.1, -0.05) is 127 Å². The van der Waals surface area contributed by atoms with Gasteiger partial charge in [0.1, 0.15) is 11.2 Å². The van der Waals surface area contributed by atoms with E-state index in [0.29, 0.717) is 17.5 Å². The lowest BCUT2D eigenvalue weighted by atomic mass is 9.93. The minimum Gasteiger partial charge on any atom is -0.455 e. The molecule has 10 aromatic rings. The maximum absolute atomic E-state index is 6.33. The first-order valence-electron chi connectivity index (χ1n) is 16.4. The van der Waals surface area contributed by atoms with Crippen LogP contribution in [0.15, 0.2) is 168 Å². The van der Waals surface area contributed by atoms with Crippen LogP contribution in [-0.4, -0.2) is 15.0 Å². The average Bonchev–Trinajstić information content (AvgIpc) is 3.56. The number of aromatic nitrogens is 3.